The molecule has 0 fully saturated rings. The Hall–Kier alpha value is -2.96. The lowest BCUT2D eigenvalue weighted by Gasteiger charge is -2.13. The number of carbonyl (C=O) groups excluding carboxylic acids is 1. The van der Waals surface area contributed by atoms with Crippen molar-refractivity contribution in [3.05, 3.63) is 63.5 Å². The average Bonchev–Trinajstić information content (AvgIpc) is 3.04. The molecule has 7 nitrogen and oxygen atoms in total. The highest BCUT2D eigenvalue weighted by molar-refractivity contribution is 5.91. The van der Waals surface area contributed by atoms with E-state index < -0.39 is 4.92 Å². The van der Waals surface area contributed by atoms with Gasteiger partial charge in [0, 0.05) is 30.4 Å². The van der Waals surface area contributed by atoms with Crippen LogP contribution in [0.25, 0.3) is 6.08 Å². The van der Waals surface area contributed by atoms with Crippen molar-refractivity contribution >= 4 is 17.7 Å². The minimum absolute atomic E-state index is 0.0316. The van der Waals surface area contributed by atoms with E-state index in [1.807, 2.05) is 10.9 Å². The van der Waals surface area contributed by atoms with Crippen molar-refractivity contribution in [1.29, 1.82) is 0 Å². The normalized spacial score (nSPS) is 13.6. The van der Waals surface area contributed by atoms with E-state index in [2.05, 4.69) is 10.4 Å². The molecule has 0 saturated carbocycles. The number of nitrogens with one attached hydrogen (secondary N) is 1. The molecular weight excluding hydrogens is 320 g/mol. The van der Waals surface area contributed by atoms with E-state index in [1.165, 1.54) is 42.3 Å². The second-order valence-corrected chi connectivity index (χ2v) is 6.02. The minimum atomic E-state index is -0.450. The number of amides is 1. The number of hydrogen-bond donors (Lipinski definition) is 1. The van der Waals surface area contributed by atoms with Crippen molar-refractivity contribution in [2.24, 2.45) is 0 Å². The fraction of sp³-hybridized carbons (Fsp3) is 0.333. The van der Waals surface area contributed by atoms with Gasteiger partial charge in [-0.25, -0.2) is 0 Å². The first-order chi connectivity index (χ1) is 12.1. The molecule has 1 N–H and O–H groups in total. The standard InChI is InChI=1S/C18H20N4O3/c23-18(10-7-14-5-8-16(9-6-14)22(24)25)19-11-12-21-17-4-2-1-3-15(17)13-20-21/h5-10,13H,1-4,11-12H2,(H,19,23). The van der Waals surface area contributed by atoms with Crippen LogP contribution in [0.4, 0.5) is 5.69 Å². The van der Waals surface area contributed by atoms with Gasteiger partial charge in [-0.2, -0.15) is 5.10 Å². The number of rotatable bonds is 6. The van der Waals surface area contributed by atoms with Crippen LogP contribution in [0.15, 0.2) is 36.5 Å². The van der Waals surface area contributed by atoms with Gasteiger partial charge in [-0.05, 0) is 55.0 Å². The Labute approximate surface area is 145 Å². The molecule has 0 spiro atoms. The lowest BCUT2D eigenvalue weighted by Crippen LogP contribution is -2.26. The molecule has 1 aliphatic carbocycles. The fourth-order valence-corrected chi connectivity index (χ4v) is 2.97. The maximum Gasteiger partial charge on any atom is 0.269 e. The van der Waals surface area contributed by atoms with E-state index in [1.54, 1.807) is 18.2 Å². The Kier molecular flexibility index (Phi) is 5.23. The summed E-state index contributed by atoms with van der Waals surface area (Å²) in [6.07, 6.45) is 9.58. The van der Waals surface area contributed by atoms with Gasteiger partial charge in [0.05, 0.1) is 17.7 Å². The highest BCUT2D eigenvalue weighted by Gasteiger charge is 2.14. The Morgan fingerprint density at radius 2 is 2.04 bits per heavy atom. The smallest absolute Gasteiger partial charge is 0.269 e. The van der Waals surface area contributed by atoms with Crippen molar-refractivity contribution in [2.75, 3.05) is 6.54 Å². The number of aromatic nitrogens is 2. The summed E-state index contributed by atoms with van der Waals surface area (Å²) in [5.74, 6) is -0.195. The predicted octanol–water partition coefficient (Wildman–Crippen LogP) is 2.50. The maximum absolute atomic E-state index is 11.9. The molecule has 0 atom stereocenters. The summed E-state index contributed by atoms with van der Waals surface area (Å²) in [7, 11) is 0. The van der Waals surface area contributed by atoms with Crippen LogP contribution in [-0.4, -0.2) is 27.2 Å². The van der Waals surface area contributed by atoms with Crippen LogP contribution < -0.4 is 5.32 Å². The van der Waals surface area contributed by atoms with Gasteiger partial charge in [-0.1, -0.05) is 0 Å². The lowest BCUT2D eigenvalue weighted by atomic mass is 9.98. The van der Waals surface area contributed by atoms with Crippen molar-refractivity contribution in [2.45, 2.75) is 32.2 Å². The highest BCUT2D eigenvalue weighted by Crippen LogP contribution is 2.20. The summed E-state index contributed by atoms with van der Waals surface area (Å²) in [5.41, 5.74) is 3.39. The summed E-state index contributed by atoms with van der Waals surface area (Å²) in [6, 6.07) is 6.05. The first-order valence-corrected chi connectivity index (χ1v) is 8.37. The molecule has 7 heteroatoms. The van der Waals surface area contributed by atoms with E-state index in [0.29, 0.717) is 13.1 Å². The van der Waals surface area contributed by atoms with Crippen LogP contribution >= 0.6 is 0 Å². The molecule has 1 amide bonds. The summed E-state index contributed by atoms with van der Waals surface area (Å²) in [6.45, 7) is 1.17. The largest absolute Gasteiger partial charge is 0.351 e. The van der Waals surface area contributed by atoms with Gasteiger partial charge >= 0.3 is 0 Å². The molecule has 2 aromatic rings. The SMILES string of the molecule is O=C(C=Cc1ccc([N+](=O)[O-])cc1)NCCn1ncc2c1CCCC2. The first-order valence-electron chi connectivity index (χ1n) is 8.37. The van der Waals surface area contributed by atoms with Crippen LogP contribution in [0.3, 0.4) is 0 Å². The zero-order chi connectivity index (χ0) is 17.6. The summed E-state index contributed by atoms with van der Waals surface area (Å²) in [5, 5.41) is 17.8. The number of benzene rings is 1. The summed E-state index contributed by atoms with van der Waals surface area (Å²) >= 11 is 0. The number of fused-ring (bicyclic) bond motifs is 1. The number of non-ortho nitro benzene ring substituents is 1. The molecule has 0 aliphatic heterocycles. The van der Waals surface area contributed by atoms with Gasteiger partial charge in [-0.15, -0.1) is 0 Å². The highest BCUT2D eigenvalue weighted by atomic mass is 16.6. The maximum atomic E-state index is 11.9. The average molecular weight is 340 g/mol. The van der Waals surface area contributed by atoms with Crippen LogP contribution in [0.5, 0.6) is 0 Å². The Balaban J connectivity index is 1.48. The molecule has 3 rings (SSSR count). The van der Waals surface area contributed by atoms with Crippen molar-refractivity contribution in [1.82, 2.24) is 15.1 Å². The zero-order valence-electron chi connectivity index (χ0n) is 13.9. The Morgan fingerprint density at radius 1 is 1.28 bits per heavy atom. The van der Waals surface area contributed by atoms with E-state index in [9.17, 15) is 14.9 Å². The summed E-state index contributed by atoms with van der Waals surface area (Å²) in [4.78, 5) is 22.0. The predicted molar refractivity (Wildman–Crippen MR) is 94.0 cm³/mol. The van der Waals surface area contributed by atoms with E-state index in [0.717, 1.165) is 18.4 Å². The molecule has 0 radical (unpaired) electrons. The number of hydrogen-bond acceptors (Lipinski definition) is 4. The summed E-state index contributed by atoms with van der Waals surface area (Å²) < 4.78 is 1.98. The number of nitro groups is 1. The van der Waals surface area contributed by atoms with Crippen molar-refractivity contribution < 1.29 is 9.72 Å². The van der Waals surface area contributed by atoms with Gasteiger partial charge in [0.25, 0.3) is 5.69 Å². The lowest BCUT2D eigenvalue weighted by molar-refractivity contribution is -0.384. The second-order valence-electron chi connectivity index (χ2n) is 6.02. The molecule has 1 aromatic carbocycles. The fourth-order valence-electron chi connectivity index (χ4n) is 2.97. The molecular formula is C18H20N4O3. The van der Waals surface area contributed by atoms with Crippen LogP contribution in [0, 0.1) is 10.1 Å². The van der Waals surface area contributed by atoms with Gasteiger partial charge in [0.2, 0.25) is 5.91 Å². The molecule has 130 valence electrons. The molecule has 0 bridgehead atoms. The second kappa shape index (κ2) is 7.74. The van der Waals surface area contributed by atoms with Crippen molar-refractivity contribution in [3.8, 4) is 0 Å². The molecule has 1 aliphatic rings. The van der Waals surface area contributed by atoms with Gasteiger partial charge in [0.15, 0.2) is 0 Å². The zero-order valence-corrected chi connectivity index (χ0v) is 13.9. The van der Waals surface area contributed by atoms with Gasteiger partial charge < -0.3 is 5.32 Å². The third-order valence-electron chi connectivity index (χ3n) is 4.30. The van der Waals surface area contributed by atoms with Gasteiger partial charge in [-0.3, -0.25) is 19.6 Å². The third kappa shape index (κ3) is 4.32. The van der Waals surface area contributed by atoms with Crippen molar-refractivity contribution in [3.63, 3.8) is 0 Å². The number of nitrogens with zero attached hydrogens (tertiary/aromatic N) is 3. The van der Waals surface area contributed by atoms with Crippen LogP contribution in [0.2, 0.25) is 0 Å². The molecule has 0 saturated heterocycles. The number of carbonyl (C=O) groups is 1. The topological polar surface area (TPSA) is 90.1 Å². The third-order valence-corrected chi connectivity index (χ3v) is 4.30. The van der Waals surface area contributed by atoms with Crippen LogP contribution in [0.1, 0.15) is 29.7 Å². The van der Waals surface area contributed by atoms with Crippen LogP contribution in [-0.2, 0) is 24.2 Å². The Bertz CT molecular complexity index is 793. The number of nitro benzene ring substituents is 1. The Morgan fingerprint density at radius 3 is 2.80 bits per heavy atom. The van der Waals surface area contributed by atoms with Gasteiger partial charge in [0.1, 0.15) is 0 Å². The molecule has 1 aromatic heterocycles. The monoisotopic (exact) mass is 340 g/mol. The molecule has 1 heterocycles. The van der Waals surface area contributed by atoms with E-state index in [-0.39, 0.29) is 11.6 Å². The minimum Gasteiger partial charge on any atom is -0.351 e. The molecule has 0 unspecified atom stereocenters. The first kappa shape index (κ1) is 16.9. The number of aryl methyl sites for hydroxylation is 1. The quantitative estimate of drug-likeness (QED) is 0.497. The molecule has 25 heavy (non-hydrogen) atoms. The van der Waals surface area contributed by atoms with E-state index in [4.69, 9.17) is 0 Å². The van der Waals surface area contributed by atoms with E-state index >= 15 is 0 Å².